The van der Waals surface area contributed by atoms with Crippen LogP contribution in [0.3, 0.4) is 0 Å². The second kappa shape index (κ2) is 7.85. The first-order valence-corrected chi connectivity index (χ1v) is 9.07. The van der Waals surface area contributed by atoms with Gasteiger partial charge in [-0.3, -0.25) is 9.48 Å². The van der Waals surface area contributed by atoms with E-state index in [0.717, 1.165) is 27.7 Å². The highest BCUT2D eigenvalue weighted by molar-refractivity contribution is 5.85. The molecule has 0 radical (unpaired) electrons. The van der Waals surface area contributed by atoms with Gasteiger partial charge in [0.15, 0.2) is 11.3 Å². The highest BCUT2D eigenvalue weighted by Gasteiger charge is 2.35. The Morgan fingerprint density at radius 2 is 1.81 bits per heavy atom. The average molecular weight is 448 g/mol. The van der Waals surface area contributed by atoms with E-state index in [1.165, 1.54) is 13.8 Å². The van der Waals surface area contributed by atoms with Gasteiger partial charge in [-0.2, -0.15) is 36.5 Å². The van der Waals surface area contributed by atoms with Crippen molar-refractivity contribution in [2.75, 3.05) is 0 Å². The van der Waals surface area contributed by atoms with Gasteiger partial charge in [-0.15, -0.1) is 0 Å². The Kier molecular flexibility index (Phi) is 5.72. The van der Waals surface area contributed by atoms with Crippen molar-refractivity contribution in [2.45, 2.75) is 52.3 Å². The summed E-state index contributed by atoms with van der Waals surface area (Å²) >= 11 is 0. The topological polar surface area (TPSA) is 77.6 Å². The van der Waals surface area contributed by atoms with Crippen LogP contribution >= 0.6 is 0 Å². The Labute approximate surface area is 172 Å². The zero-order valence-electron chi connectivity index (χ0n) is 16.6. The van der Waals surface area contributed by atoms with Gasteiger partial charge in [0, 0.05) is 17.9 Å². The van der Waals surface area contributed by atoms with E-state index >= 15 is 0 Å². The first-order valence-electron chi connectivity index (χ1n) is 9.07. The van der Waals surface area contributed by atoms with Crippen LogP contribution in [0.2, 0.25) is 0 Å². The van der Waals surface area contributed by atoms with Crippen molar-refractivity contribution < 1.29 is 31.1 Å². The van der Waals surface area contributed by atoms with Crippen LogP contribution in [0.15, 0.2) is 18.3 Å². The first kappa shape index (κ1) is 22.6. The summed E-state index contributed by atoms with van der Waals surface area (Å²) in [4.78, 5) is 16.5. The highest BCUT2D eigenvalue weighted by atomic mass is 19.4. The number of fused-ring (bicyclic) bond motifs is 1. The molecule has 1 amide bonds. The van der Waals surface area contributed by atoms with Crippen LogP contribution < -0.4 is 5.32 Å². The Bertz CT molecular complexity index is 1110. The van der Waals surface area contributed by atoms with Gasteiger partial charge in [-0.25, -0.2) is 9.67 Å². The number of amides is 1. The van der Waals surface area contributed by atoms with Crippen LogP contribution in [0.5, 0.6) is 0 Å². The van der Waals surface area contributed by atoms with Crippen LogP contribution in [-0.2, 0) is 30.2 Å². The van der Waals surface area contributed by atoms with Crippen molar-refractivity contribution in [1.82, 2.24) is 29.9 Å². The molecule has 1 atom stereocenters. The lowest BCUT2D eigenvalue weighted by Crippen LogP contribution is -2.38. The molecule has 0 aliphatic rings. The van der Waals surface area contributed by atoms with Crippen molar-refractivity contribution in [1.29, 1.82) is 0 Å². The number of alkyl halides is 6. The van der Waals surface area contributed by atoms with Gasteiger partial charge in [-0.05, 0) is 32.9 Å². The predicted molar refractivity (Wildman–Crippen MR) is 96.8 cm³/mol. The number of nitrogens with one attached hydrogen (secondary N) is 1. The number of pyridine rings is 1. The first-order chi connectivity index (χ1) is 14.3. The fraction of sp³-hybridized carbons (Fsp3) is 0.444. The van der Waals surface area contributed by atoms with Gasteiger partial charge in [0.25, 0.3) is 0 Å². The summed E-state index contributed by atoms with van der Waals surface area (Å²) in [5, 5.41) is 9.80. The van der Waals surface area contributed by atoms with Crippen LogP contribution in [-0.4, -0.2) is 36.5 Å². The molecule has 0 saturated carbocycles. The Morgan fingerprint density at radius 3 is 2.39 bits per heavy atom. The summed E-state index contributed by atoms with van der Waals surface area (Å²) in [7, 11) is 0. The average Bonchev–Trinajstić information content (AvgIpc) is 3.18. The quantitative estimate of drug-likeness (QED) is 0.607. The molecule has 3 aromatic rings. The molecule has 168 valence electrons. The van der Waals surface area contributed by atoms with Gasteiger partial charge in [0.2, 0.25) is 5.91 Å². The van der Waals surface area contributed by atoms with E-state index in [4.69, 9.17) is 0 Å². The standard InChI is InChI=1S/C18H18F6N6O/c1-9-6-12(17(19,20)21)15-11(3)27-30(16(15)26-9)8-14(31)25-10(2)7-29-5-4-13(28-29)18(22,23)24/h4-6,10H,7-8H2,1-3H3,(H,25,31)/t10-/m0/s1. The van der Waals surface area contributed by atoms with Gasteiger partial charge in [0.05, 0.1) is 23.2 Å². The Balaban J connectivity index is 1.75. The largest absolute Gasteiger partial charge is 0.435 e. The van der Waals surface area contributed by atoms with Crippen molar-refractivity contribution in [3.63, 3.8) is 0 Å². The molecule has 0 aliphatic carbocycles. The maximum Gasteiger partial charge on any atom is 0.435 e. The van der Waals surface area contributed by atoms with Gasteiger partial charge >= 0.3 is 12.4 Å². The summed E-state index contributed by atoms with van der Waals surface area (Å²) in [5.41, 5.74) is -1.81. The van der Waals surface area contributed by atoms with Crippen molar-refractivity contribution in [3.8, 4) is 0 Å². The van der Waals surface area contributed by atoms with E-state index in [0.29, 0.717) is 0 Å². The van der Waals surface area contributed by atoms with Crippen molar-refractivity contribution in [2.24, 2.45) is 0 Å². The predicted octanol–water partition coefficient (Wildman–Crippen LogP) is 3.49. The molecule has 0 bridgehead atoms. The van der Waals surface area contributed by atoms with Crippen molar-refractivity contribution >= 4 is 16.9 Å². The fourth-order valence-electron chi connectivity index (χ4n) is 3.21. The number of aromatic nitrogens is 5. The highest BCUT2D eigenvalue weighted by Crippen LogP contribution is 2.36. The number of carbonyl (C=O) groups excluding carboxylic acids is 1. The minimum atomic E-state index is -4.61. The molecular formula is C18H18F6N6O. The number of carbonyl (C=O) groups is 1. The Hall–Kier alpha value is -3.12. The molecule has 0 unspecified atom stereocenters. The van der Waals surface area contributed by atoms with Crippen LogP contribution in [0.4, 0.5) is 26.3 Å². The minimum Gasteiger partial charge on any atom is -0.350 e. The summed E-state index contributed by atoms with van der Waals surface area (Å²) < 4.78 is 80.1. The number of nitrogens with zero attached hydrogens (tertiary/aromatic N) is 5. The van der Waals surface area contributed by atoms with Crippen LogP contribution in [0.25, 0.3) is 11.0 Å². The monoisotopic (exact) mass is 448 g/mol. The molecule has 1 N–H and O–H groups in total. The summed E-state index contributed by atoms with van der Waals surface area (Å²) in [5.74, 6) is -0.586. The zero-order valence-corrected chi connectivity index (χ0v) is 16.6. The number of halogens is 6. The minimum absolute atomic E-state index is 0.0315. The smallest absolute Gasteiger partial charge is 0.350 e. The number of hydrogen-bond donors (Lipinski definition) is 1. The summed E-state index contributed by atoms with van der Waals surface area (Å²) in [6.45, 7) is 3.92. The maximum absolute atomic E-state index is 13.4. The lowest BCUT2D eigenvalue weighted by molar-refractivity contribution is -0.141. The molecule has 7 nitrogen and oxygen atoms in total. The van der Waals surface area contributed by atoms with Gasteiger partial charge in [-0.1, -0.05) is 0 Å². The summed E-state index contributed by atoms with van der Waals surface area (Å²) in [6.07, 6.45) is -8.04. The van der Waals surface area contributed by atoms with E-state index in [1.54, 1.807) is 6.92 Å². The number of hydrogen-bond acceptors (Lipinski definition) is 4. The molecule has 0 saturated heterocycles. The van der Waals surface area contributed by atoms with E-state index < -0.39 is 42.1 Å². The normalized spacial score (nSPS) is 13.6. The molecule has 31 heavy (non-hydrogen) atoms. The third kappa shape index (κ3) is 4.97. The van der Waals surface area contributed by atoms with Crippen molar-refractivity contribution in [3.05, 3.63) is 41.0 Å². The fourth-order valence-corrected chi connectivity index (χ4v) is 3.21. The molecule has 3 heterocycles. The van der Waals surface area contributed by atoms with E-state index in [1.807, 2.05) is 0 Å². The van der Waals surface area contributed by atoms with E-state index in [-0.39, 0.29) is 29.0 Å². The lowest BCUT2D eigenvalue weighted by atomic mass is 10.1. The zero-order chi connectivity index (χ0) is 23.1. The molecule has 0 aliphatic heterocycles. The molecule has 0 spiro atoms. The molecule has 0 aromatic carbocycles. The summed E-state index contributed by atoms with van der Waals surface area (Å²) in [6, 6.07) is 1.14. The molecular weight excluding hydrogens is 430 g/mol. The third-order valence-corrected chi connectivity index (χ3v) is 4.40. The SMILES string of the molecule is Cc1cc(C(F)(F)F)c2c(C)nn(CC(=O)N[C@@H](C)Cn3ccc(C(F)(F)F)n3)c2n1. The van der Waals surface area contributed by atoms with E-state index in [2.05, 4.69) is 20.5 Å². The molecule has 3 rings (SSSR count). The van der Waals surface area contributed by atoms with E-state index in [9.17, 15) is 31.1 Å². The third-order valence-electron chi connectivity index (χ3n) is 4.40. The molecule has 3 aromatic heterocycles. The van der Waals surface area contributed by atoms with Gasteiger partial charge < -0.3 is 5.32 Å². The second-order valence-corrected chi connectivity index (χ2v) is 7.14. The second-order valence-electron chi connectivity index (χ2n) is 7.14. The molecule has 0 fully saturated rings. The maximum atomic E-state index is 13.4. The lowest BCUT2D eigenvalue weighted by Gasteiger charge is -2.14. The molecule has 13 heteroatoms. The number of aryl methyl sites for hydroxylation is 2. The number of rotatable bonds is 5. The van der Waals surface area contributed by atoms with Crippen LogP contribution in [0, 0.1) is 13.8 Å². The van der Waals surface area contributed by atoms with Gasteiger partial charge in [0.1, 0.15) is 6.54 Å². The Morgan fingerprint density at radius 1 is 1.13 bits per heavy atom. The van der Waals surface area contributed by atoms with Crippen LogP contribution in [0.1, 0.15) is 29.6 Å².